The zero-order chi connectivity index (χ0) is 13.8. The number of hydrogen-bond acceptors (Lipinski definition) is 6. The van der Waals surface area contributed by atoms with E-state index in [-0.39, 0.29) is 19.3 Å². The van der Waals surface area contributed by atoms with Gasteiger partial charge in [0.2, 0.25) is 0 Å². The largest absolute Gasteiger partial charge is 0.337 e. The van der Waals surface area contributed by atoms with Gasteiger partial charge in [-0.05, 0) is 40.2 Å². The number of hydroxylamine groups is 2. The highest BCUT2D eigenvalue weighted by atomic mass is 33.1. The first-order valence-electron chi connectivity index (χ1n) is 5.41. The second-order valence-corrected chi connectivity index (χ2v) is 4.89. The molecule has 1 aromatic heterocycles. The van der Waals surface area contributed by atoms with Crippen molar-refractivity contribution in [2.24, 2.45) is 0 Å². The maximum atomic E-state index is 11.6. The minimum Gasteiger partial charge on any atom is -0.330 e. The first kappa shape index (κ1) is 13.9. The molecule has 1 aliphatic rings. The summed E-state index contributed by atoms with van der Waals surface area (Å²) >= 11 is 4.78. The normalized spacial score (nSPS) is 14.9. The highest BCUT2D eigenvalue weighted by Gasteiger charge is 2.32. The second kappa shape index (κ2) is 6.07. The van der Waals surface area contributed by atoms with E-state index in [4.69, 9.17) is 16.5 Å². The lowest BCUT2D eigenvalue weighted by atomic mass is 10.2. The molecule has 1 saturated heterocycles. The van der Waals surface area contributed by atoms with Gasteiger partial charge in [0.15, 0.2) is 0 Å². The van der Waals surface area contributed by atoms with Crippen LogP contribution in [0.3, 0.4) is 0 Å². The van der Waals surface area contributed by atoms with Gasteiger partial charge in [-0.15, -0.1) is 5.06 Å². The fraction of sp³-hybridized carbons (Fsp3) is 0.273. The van der Waals surface area contributed by atoms with Crippen molar-refractivity contribution in [3.8, 4) is 0 Å². The number of hydrogen-bond donors (Lipinski definition) is 0. The molecule has 6 nitrogen and oxygen atoms in total. The van der Waals surface area contributed by atoms with Gasteiger partial charge in [0.25, 0.3) is 11.8 Å². The van der Waals surface area contributed by atoms with Gasteiger partial charge < -0.3 is 4.84 Å². The zero-order valence-corrected chi connectivity index (χ0v) is 11.3. The SMILES string of the molecule is O=C(Cc1ccnc(S[S])c1)ON1C(=O)CCC1=O. The topological polar surface area (TPSA) is 76.6 Å². The standard InChI is InChI=1S/C11H9N2O4S2/c14-9-1-2-10(15)13(9)17-11(16)6-7-3-4-12-8(5-7)19-18/h3-5H,1-2,6H2. The fourth-order valence-corrected chi connectivity index (χ4v) is 2.14. The molecule has 0 unspecified atom stereocenters. The summed E-state index contributed by atoms with van der Waals surface area (Å²) in [5, 5.41) is 1.14. The molecule has 1 fully saturated rings. The summed E-state index contributed by atoms with van der Waals surface area (Å²) in [7, 11) is 1.05. The lowest BCUT2D eigenvalue weighted by Crippen LogP contribution is -2.32. The van der Waals surface area contributed by atoms with E-state index < -0.39 is 17.8 Å². The number of pyridine rings is 1. The summed E-state index contributed by atoms with van der Waals surface area (Å²) in [5.74, 6) is -1.65. The molecule has 0 spiro atoms. The molecule has 99 valence electrons. The zero-order valence-electron chi connectivity index (χ0n) is 9.70. The van der Waals surface area contributed by atoms with Crippen molar-refractivity contribution < 1.29 is 19.2 Å². The van der Waals surface area contributed by atoms with Gasteiger partial charge in [-0.2, -0.15) is 0 Å². The summed E-state index contributed by atoms with van der Waals surface area (Å²) in [6.07, 6.45) is 1.64. The van der Waals surface area contributed by atoms with Gasteiger partial charge in [0, 0.05) is 19.0 Å². The van der Waals surface area contributed by atoms with Crippen molar-refractivity contribution in [3.05, 3.63) is 23.9 Å². The summed E-state index contributed by atoms with van der Waals surface area (Å²) in [4.78, 5) is 42.9. The van der Waals surface area contributed by atoms with Crippen LogP contribution in [-0.2, 0) is 25.6 Å². The quantitative estimate of drug-likeness (QED) is 0.618. The van der Waals surface area contributed by atoms with Gasteiger partial charge in [-0.1, -0.05) is 0 Å². The number of aromatic nitrogens is 1. The molecule has 1 aromatic rings. The predicted octanol–water partition coefficient (Wildman–Crippen LogP) is 1.44. The summed E-state index contributed by atoms with van der Waals surface area (Å²) in [6, 6.07) is 3.30. The van der Waals surface area contributed by atoms with Crippen LogP contribution in [0.5, 0.6) is 0 Å². The number of nitrogens with zero attached hydrogens (tertiary/aromatic N) is 2. The first-order chi connectivity index (χ1) is 9.10. The third-order valence-corrected chi connectivity index (χ3v) is 3.34. The molecule has 0 saturated carbocycles. The van der Waals surface area contributed by atoms with Gasteiger partial charge in [-0.3, -0.25) is 9.59 Å². The number of carbonyl (C=O) groups is 3. The van der Waals surface area contributed by atoms with Crippen LogP contribution >= 0.6 is 22.5 Å². The molecule has 0 aliphatic carbocycles. The molecule has 2 amide bonds. The van der Waals surface area contributed by atoms with Gasteiger partial charge in [0.05, 0.1) is 6.42 Å². The molecular formula is C11H9N2O4S2. The Labute approximate surface area is 118 Å². The van der Waals surface area contributed by atoms with E-state index in [0.717, 1.165) is 10.8 Å². The molecular weight excluding hydrogens is 288 g/mol. The van der Waals surface area contributed by atoms with Crippen LogP contribution in [0.1, 0.15) is 18.4 Å². The number of amides is 2. The molecule has 19 heavy (non-hydrogen) atoms. The molecule has 1 aliphatic heterocycles. The Morgan fingerprint density at radius 2 is 2.11 bits per heavy atom. The first-order valence-corrected chi connectivity index (χ1v) is 7.15. The third kappa shape index (κ3) is 3.48. The molecule has 2 rings (SSSR count). The van der Waals surface area contributed by atoms with E-state index in [9.17, 15) is 14.4 Å². The van der Waals surface area contributed by atoms with Gasteiger partial charge >= 0.3 is 5.97 Å². The van der Waals surface area contributed by atoms with Crippen molar-refractivity contribution in [2.75, 3.05) is 0 Å². The summed E-state index contributed by atoms with van der Waals surface area (Å²) in [6.45, 7) is 0. The highest BCUT2D eigenvalue weighted by Crippen LogP contribution is 2.20. The maximum Gasteiger partial charge on any atom is 0.337 e. The Morgan fingerprint density at radius 1 is 1.42 bits per heavy atom. The Morgan fingerprint density at radius 3 is 2.74 bits per heavy atom. The smallest absolute Gasteiger partial charge is 0.330 e. The number of rotatable bonds is 4. The second-order valence-electron chi connectivity index (χ2n) is 3.81. The Kier molecular flexibility index (Phi) is 4.43. The van der Waals surface area contributed by atoms with Crippen LogP contribution in [0.15, 0.2) is 23.4 Å². The van der Waals surface area contributed by atoms with Crippen LogP contribution < -0.4 is 0 Å². The molecule has 2 heterocycles. The van der Waals surface area contributed by atoms with Gasteiger partial charge in [-0.25, -0.2) is 9.78 Å². The van der Waals surface area contributed by atoms with Crippen LogP contribution in [0.25, 0.3) is 0 Å². The van der Waals surface area contributed by atoms with E-state index in [1.54, 1.807) is 12.1 Å². The molecule has 1 radical (unpaired) electrons. The average Bonchev–Trinajstić information content (AvgIpc) is 2.71. The monoisotopic (exact) mass is 297 g/mol. The third-order valence-electron chi connectivity index (χ3n) is 2.43. The molecule has 8 heteroatoms. The van der Waals surface area contributed by atoms with Crippen LogP contribution in [-0.4, -0.2) is 27.8 Å². The van der Waals surface area contributed by atoms with E-state index in [0.29, 0.717) is 15.7 Å². The van der Waals surface area contributed by atoms with Crippen molar-refractivity contribution in [3.63, 3.8) is 0 Å². The number of carbonyl (C=O) groups excluding carboxylic acids is 3. The molecule has 0 aromatic carbocycles. The molecule has 0 bridgehead atoms. The Balaban J connectivity index is 1.97. The predicted molar refractivity (Wildman–Crippen MR) is 68.6 cm³/mol. The van der Waals surface area contributed by atoms with Crippen LogP contribution in [0, 0.1) is 0 Å². The lowest BCUT2D eigenvalue weighted by Gasteiger charge is -2.12. The Hall–Kier alpha value is -1.54. The fourth-order valence-electron chi connectivity index (χ4n) is 1.56. The van der Waals surface area contributed by atoms with Gasteiger partial charge in [0.1, 0.15) is 5.03 Å². The lowest BCUT2D eigenvalue weighted by molar-refractivity contribution is -0.197. The number of imide groups is 1. The average molecular weight is 297 g/mol. The van der Waals surface area contributed by atoms with Crippen LogP contribution in [0.4, 0.5) is 0 Å². The molecule has 0 atom stereocenters. The Bertz CT molecular complexity index is 519. The van der Waals surface area contributed by atoms with Crippen molar-refractivity contribution in [2.45, 2.75) is 24.3 Å². The summed E-state index contributed by atoms with van der Waals surface area (Å²) < 4.78 is 0. The van der Waals surface area contributed by atoms with Crippen molar-refractivity contribution in [1.82, 2.24) is 10.0 Å². The maximum absolute atomic E-state index is 11.6. The van der Waals surface area contributed by atoms with E-state index in [1.807, 2.05) is 0 Å². The van der Waals surface area contributed by atoms with Crippen molar-refractivity contribution in [1.29, 1.82) is 0 Å². The van der Waals surface area contributed by atoms with Crippen molar-refractivity contribution >= 4 is 40.2 Å². The summed E-state index contributed by atoms with van der Waals surface area (Å²) in [5.41, 5.74) is 0.659. The minimum absolute atomic E-state index is 0.0531. The van der Waals surface area contributed by atoms with Crippen LogP contribution in [0.2, 0.25) is 0 Å². The van der Waals surface area contributed by atoms with E-state index >= 15 is 0 Å². The minimum atomic E-state index is -0.671. The van der Waals surface area contributed by atoms with E-state index in [1.165, 1.54) is 6.20 Å². The van der Waals surface area contributed by atoms with E-state index in [2.05, 4.69) is 4.98 Å². The molecule has 0 N–H and O–H groups in total. The highest BCUT2D eigenvalue weighted by molar-refractivity contribution is 8.68.